The second-order valence-corrected chi connectivity index (χ2v) is 9.65. The number of carbonyl (C=O) groups is 1. The lowest BCUT2D eigenvalue weighted by molar-refractivity contribution is 0.102. The number of nitrogens with zero attached hydrogens (tertiary/aromatic N) is 4. The summed E-state index contributed by atoms with van der Waals surface area (Å²) in [7, 11) is -3.49. The number of rotatable bonds is 4. The van der Waals surface area contributed by atoms with Crippen molar-refractivity contribution in [3.8, 4) is 0 Å². The van der Waals surface area contributed by atoms with Crippen LogP contribution in [0, 0.1) is 0 Å². The van der Waals surface area contributed by atoms with E-state index < -0.39 is 15.9 Å². The van der Waals surface area contributed by atoms with Gasteiger partial charge in [-0.05, 0) is 11.4 Å². The van der Waals surface area contributed by atoms with Crippen molar-refractivity contribution in [1.29, 1.82) is 0 Å². The van der Waals surface area contributed by atoms with Crippen molar-refractivity contribution in [2.75, 3.05) is 11.9 Å². The van der Waals surface area contributed by atoms with Gasteiger partial charge >= 0.3 is 0 Å². The van der Waals surface area contributed by atoms with Crippen LogP contribution >= 0.6 is 22.7 Å². The van der Waals surface area contributed by atoms with Crippen LogP contribution < -0.4 is 5.32 Å². The Morgan fingerprint density at radius 2 is 2.19 bits per heavy atom. The van der Waals surface area contributed by atoms with Crippen LogP contribution in [0.4, 0.5) is 5.13 Å². The first kappa shape index (κ1) is 17.2. The molecule has 8 nitrogen and oxygen atoms in total. The second-order valence-electron chi connectivity index (χ2n) is 5.45. The Kier molecular flexibility index (Phi) is 4.53. The zero-order valence-corrected chi connectivity index (χ0v) is 15.8. The molecule has 26 heavy (non-hydrogen) atoms. The van der Waals surface area contributed by atoms with Gasteiger partial charge in [0.25, 0.3) is 15.9 Å². The average Bonchev–Trinajstić information content (AvgIpc) is 3.31. The minimum Gasteiger partial charge on any atom is -0.296 e. The highest BCUT2D eigenvalue weighted by Gasteiger charge is 2.31. The van der Waals surface area contributed by atoms with Gasteiger partial charge in [0, 0.05) is 30.2 Å². The number of aromatic nitrogens is 3. The molecule has 4 heterocycles. The maximum atomic E-state index is 12.7. The van der Waals surface area contributed by atoms with Crippen molar-refractivity contribution in [1.82, 2.24) is 19.3 Å². The van der Waals surface area contributed by atoms with Crippen LogP contribution in [-0.4, -0.2) is 40.1 Å². The number of hydrogen-bond donors (Lipinski definition) is 1. The van der Waals surface area contributed by atoms with Crippen LogP contribution in [0.25, 0.3) is 0 Å². The van der Waals surface area contributed by atoms with E-state index in [0.29, 0.717) is 22.3 Å². The van der Waals surface area contributed by atoms with Crippen molar-refractivity contribution in [2.45, 2.75) is 17.2 Å². The molecule has 0 bridgehead atoms. The summed E-state index contributed by atoms with van der Waals surface area (Å²) in [5, 5.41) is 4.87. The minimum atomic E-state index is -3.49. The molecule has 0 fully saturated rings. The molecular weight excluding hydrogens is 394 g/mol. The van der Waals surface area contributed by atoms with Crippen molar-refractivity contribution in [3.63, 3.8) is 0 Å². The maximum Gasteiger partial charge on any atom is 0.277 e. The number of carbonyl (C=O) groups excluding carboxylic acids is 1. The third-order valence-corrected chi connectivity index (χ3v) is 8.02. The van der Waals surface area contributed by atoms with Gasteiger partial charge in [-0.15, -0.1) is 22.7 Å². The molecule has 134 valence electrons. The summed E-state index contributed by atoms with van der Waals surface area (Å²) in [4.78, 5) is 25.2. The molecule has 0 radical (unpaired) electrons. The number of hydrogen-bond acceptors (Lipinski definition) is 8. The van der Waals surface area contributed by atoms with Crippen LogP contribution in [0.3, 0.4) is 0 Å². The smallest absolute Gasteiger partial charge is 0.277 e. The summed E-state index contributed by atoms with van der Waals surface area (Å²) in [6.07, 6.45) is 4.81. The first-order valence-corrected chi connectivity index (χ1v) is 10.8. The molecule has 0 atom stereocenters. The molecule has 1 N–H and O–H groups in total. The number of nitrogens with one attached hydrogen (secondary N) is 1. The van der Waals surface area contributed by atoms with Gasteiger partial charge in [-0.3, -0.25) is 15.1 Å². The normalized spacial score (nSPS) is 14.8. The lowest BCUT2D eigenvalue weighted by Crippen LogP contribution is -2.35. The van der Waals surface area contributed by atoms with Gasteiger partial charge in [0.1, 0.15) is 9.90 Å². The van der Waals surface area contributed by atoms with Gasteiger partial charge in [0.2, 0.25) is 0 Å². The van der Waals surface area contributed by atoms with Crippen LogP contribution in [0.2, 0.25) is 0 Å². The number of anilines is 1. The Labute approximate surface area is 157 Å². The highest BCUT2D eigenvalue weighted by atomic mass is 32.2. The van der Waals surface area contributed by atoms with E-state index in [-0.39, 0.29) is 12.2 Å². The number of sulfonamides is 1. The molecule has 0 saturated heterocycles. The number of amides is 1. The van der Waals surface area contributed by atoms with E-state index in [1.807, 2.05) is 0 Å². The molecule has 0 unspecified atom stereocenters. The maximum absolute atomic E-state index is 12.7. The molecule has 0 aromatic carbocycles. The Morgan fingerprint density at radius 3 is 2.92 bits per heavy atom. The third-order valence-electron chi connectivity index (χ3n) is 3.80. The number of fused-ring (bicyclic) bond motifs is 1. The zero-order valence-electron chi connectivity index (χ0n) is 13.3. The molecule has 0 spiro atoms. The number of thiazole rings is 1. The first-order valence-electron chi connectivity index (χ1n) is 7.63. The van der Waals surface area contributed by atoms with Crippen molar-refractivity contribution in [2.24, 2.45) is 0 Å². The monoisotopic (exact) mass is 407 g/mol. The van der Waals surface area contributed by atoms with Crippen LogP contribution in [0.1, 0.15) is 21.1 Å². The Balaban J connectivity index is 1.52. The fourth-order valence-electron chi connectivity index (χ4n) is 2.55. The van der Waals surface area contributed by atoms with Crippen molar-refractivity contribution in [3.05, 3.63) is 52.4 Å². The van der Waals surface area contributed by atoms with E-state index in [0.717, 1.165) is 10.6 Å². The third kappa shape index (κ3) is 3.26. The first-order chi connectivity index (χ1) is 12.5. The molecule has 11 heteroatoms. The predicted molar refractivity (Wildman–Crippen MR) is 97.7 cm³/mol. The largest absolute Gasteiger partial charge is 0.296 e. The zero-order chi connectivity index (χ0) is 18.1. The Morgan fingerprint density at radius 1 is 1.31 bits per heavy atom. The molecule has 3 aromatic rings. The Bertz CT molecular complexity index is 1030. The molecule has 0 aliphatic carbocycles. The van der Waals surface area contributed by atoms with Crippen molar-refractivity contribution < 1.29 is 13.2 Å². The minimum absolute atomic E-state index is 0.197. The molecule has 0 saturated carbocycles. The quantitative estimate of drug-likeness (QED) is 0.709. The standard InChI is InChI=1S/C15H13N5O3S3/c21-14(11-8-16-4-5-17-11)19-15-18-10-3-6-20(9-12(10)25-15)26(22,23)13-2-1-7-24-13/h1-2,4-5,7-8H,3,6,9H2,(H,18,19,21). The van der Waals surface area contributed by atoms with Gasteiger partial charge in [-0.1, -0.05) is 6.07 Å². The summed E-state index contributed by atoms with van der Waals surface area (Å²) >= 11 is 2.49. The Hall–Kier alpha value is -2.21. The lowest BCUT2D eigenvalue weighted by Gasteiger charge is -2.24. The molecule has 4 rings (SSSR count). The van der Waals surface area contributed by atoms with Crippen LogP contribution in [-0.2, 0) is 23.0 Å². The average molecular weight is 408 g/mol. The summed E-state index contributed by atoms with van der Waals surface area (Å²) in [6.45, 7) is 0.628. The topological polar surface area (TPSA) is 105 Å². The SMILES string of the molecule is O=C(Nc1nc2c(s1)CN(S(=O)(=O)c1cccs1)CC2)c1cnccn1. The molecule has 1 amide bonds. The summed E-state index contributed by atoms with van der Waals surface area (Å²) in [5.41, 5.74) is 1.02. The summed E-state index contributed by atoms with van der Waals surface area (Å²) in [5.74, 6) is -0.396. The van der Waals surface area contributed by atoms with E-state index in [1.165, 1.54) is 45.6 Å². The predicted octanol–water partition coefficient (Wildman–Crippen LogP) is 1.99. The highest BCUT2D eigenvalue weighted by molar-refractivity contribution is 7.91. The van der Waals surface area contributed by atoms with E-state index in [9.17, 15) is 13.2 Å². The number of thiophene rings is 1. The van der Waals surface area contributed by atoms with E-state index in [2.05, 4.69) is 20.3 Å². The van der Waals surface area contributed by atoms with Gasteiger partial charge in [-0.25, -0.2) is 18.4 Å². The second kappa shape index (κ2) is 6.83. The molecule has 1 aliphatic rings. The van der Waals surface area contributed by atoms with Gasteiger partial charge in [0.05, 0.1) is 18.4 Å². The molecule has 3 aromatic heterocycles. The fourth-order valence-corrected chi connectivity index (χ4v) is 6.20. The van der Waals surface area contributed by atoms with Crippen LogP contribution in [0.5, 0.6) is 0 Å². The van der Waals surface area contributed by atoms with E-state index in [4.69, 9.17) is 0 Å². The van der Waals surface area contributed by atoms with E-state index in [1.54, 1.807) is 17.5 Å². The highest BCUT2D eigenvalue weighted by Crippen LogP contribution is 2.32. The van der Waals surface area contributed by atoms with Gasteiger partial charge < -0.3 is 0 Å². The summed E-state index contributed by atoms with van der Waals surface area (Å²) in [6, 6.07) is 3.33. The van der Waals surface area contributed by atoms with Gasteiger partial charge in [-0.2, -0.15) is 4.31 Å². The molecular formula is C15H13N5O3S3. The van der Waals surface area contributed by atoms with Gasteiger partial charge in [0.15, 0.2) is 5.13 Å². The summed E-state index contributed by atoms with van der Waals surface area (Å²) < 4.78 is 27.1. The fraction of sp³-hybridized carbons (Fsp3) is 0.200. The van der Waals surface area contributed by atoms with Crippen LogP contribution in [0.15, 0.2) is 40.3 Å². The molecule has 1 aliphatic heterocycles. The lowest BCUT2D eigenvalue weighted by atomic mass is 10.2. The van der Waals surface area contributed by atoms with Crippen molar-refractivity contribution >= 4 is 43.7 Å². The van der Waals surface area contributed by atoms with E-state index >= 15 is 0 Å².